The molecular weight excluding hydrogens is 354 g/mol. The zero-order chi connectivity index (χ0) is 17.7. The molecule has 0 aliphatic rings. The van der Waals surface area contributed by atoms with Gasteiger partial charge >= 0.3 is 0 Å². The van der Waals surface area contributed by atoms with E-state index in [1.807, 2.05) is 16.9 Å². The molecule has 0 bridgehead atoms. The molecule has 1 N–H and O–H groups in total. The van der Waals surface area contributed by atoms with E-state index in [0.717, 1.165) is 11.8 Å². The van der Waals surface area contributed by atoms with Crippen LogP contribution in [0.1, 0.15) is 15.9 Å². The van der Waals surface area contributed by atoms with E-state index >= 15 is 0 Å². The maximum Gasteiger partial charge on any atom is 0.264 e. The molecule has 0 aliphatic carbocycles. The van der Waals surface area contributed by atoms with Gasteiger partial charge in [0.2, 0.25) is 10.0 Å². The molecule has 0 radical (unpaired) electrons. The fraction of sp³-hybridized carbons (Fsp3) is 0.188. The van der Waals surface area contributed by atoms with Gasteiger partial charge in [-0.05, 0) is 35.9 Å². The van der Waals surface area contributed by atoms with Gasteiger partial charge in [0.1, 0.15) is 6.61 Å². The zero-order valence-electron chi connectivity index (χ0n) is 13.1. The highest BCUT2D eigenvalue weighted by Gasteiger charge is 2.14. The predicted octanol–water partition coefficient (Wildman–Crippen LogP) is 2.62. The van der Waals surface area contributed by atoms with Crippen LogP contribution in [0.2, 0.25) is 5.02 Å². The highest BCUT2D eigenvalue weighted by molar-refractivity contribution is 7.89. The van der Waals surface area contributed by atoms with E-state index in [1.54, 1.807) is 18.2 Å². The summed E-state index contributed by atoms with van der Waals surface area (Å²) in [4.78, 5) is 11.9. The number of rotatable bonds is 6. The van der Waals surface area contributed by atoms with Crippen LogP contribution in [0.4, 0.5) is 0 Å². The van der Waals surface area contributed by atoms with Crippen LogP contribution >= 0.6 is 11.6 Å². The van der Waals surface area contributed by atoms with E-state index in [4.69, 9.17) is 21.1 Å². The monoisotopic (exact) mass is 369 g/mol. The number of carbonyl (C=O) groups excluding carboxylic acids is 1. The lowest BCUT2D eigenvalue weighted by Gasteiger charge is -2.12. The number of amides is 1. The Hall–Kier alpha value is -2.25. The molecule has 0 unspecified atom stereocenters. The van der Waals surface area contributed by atoms with Crippen LogP contribution in [-0.4, -0.2) is 27.7 Å². The molecule has 2 rings (SSSR count). The van der Waals surface area contributed by atoms with E-state index in [1.165, 1.54) is 19.2 Å². The number of halogens is 1. The Bertz CT molecular complexity index is 834. The second-order valence-corrected chi connectivity index (χ2v) is 7.17. The molecule has 0 spiro atoms. The van der Waals surface area contributed by atoms with Crippen molar-refractivity contribution in [3.63, 3.8) is 0 Å². The Kier molecular flexibility index (Phi) is 5.69. The van der Waals surface area contributed by atoms with E-state index in [-0.39, 0.29) is 5.56 Å². The minimum Gasteiger partial charge on any atom is -0.493 e. The van der Waals surface area contributed by atoms with E-state index < -0.39 is 15.9 Å². The van der Waals surface area contributed by atoms with E-state index in [2.05, 4.69) is 0 Å². The van der Waals surface area contributed by atoms with Crippen molar-refractivity contribution in [3.05, 3.63) is 58.6 Å². The Labute approximate surface area is 145 Å². The van der Waals surface area contributed by atoms with Gasteiger partial charge in [0, 0.05) is 10.6 Å². The van der Waals surface area contributed by atoms with Crippen molar-refractivity contribution < 1.29 is 22.7 Å². The van der Waals surface area contributed by atoms with E-state index in [9.17, 15) is 13.2 Å². The highest BCUT2D eigenvalue weighted by Crippen LogP contribution is 2.29. The maximum atomic E-state index is 11.9. The quantitative estimate of drug-likeness (QED) is 0.846. The third-order valence-electron chi connectivity index (χ3n) is 3.01. The number of nitrogens with one attached hydrogen (secondary N) is 1. The molecule has 1 amide bonds. The molecule has 8 heteroatoms. The SMILES string of the molecule is COc1cc(C(=O)NS(C)(=O)=O)ccc1OCc1ccc(Cl)cc1. The largest absolute Gasteiger partial charge is 0.493 e. The van der Waals surface area contributed by atoms with Crippen molar-refractivity contribution in [2.75, 3.05) is 13.4 Å². The summed E-state index contributed by atoms with van der Waals surface area (Å²) in [5, 5.41) is 0.637. The first kappa shape index (κ1) is 18.1. The van der Waals surface area contributed by atoms with Crippen LogP contribution < -0.4 is 14.2 Å². The Morgan fingerprint density at radius 1 is 1.12 bits per heavy atom. The van der Waals surface area contributed by atoms with Crippen molar-refractivity contribution in [1.82, 2.24) is 4.72 Å². The average Bonchev–Trinajstić information content (AvgIpc) is 2.52. The molecule has 24 heavy (non-hydrogen) atoms. The van der Waals surface area contributed by atoms with Crippen LogP contribution in [0.25, 0.3) is 0 Å². The number of benzene rings is 2. The minimum atomic E-state index is -3.63. The van der Waals surface area contributed by atoms with Crippen LogP contribution in [0.5, 0.6) is 11.5 Å². The Morgan fingerprint density at radius 2 is 1.79 bits per heavy atom. The summed E-state index contributed by atoms with van der Waals surface area (Å²) in [6.07, 6.45) is 0.908. The first-order valence-corrected chi connectivity index (χ1v) is 9.13. The van der Waals surface area contributed by atoms with Gasteiger partial charge < -0.3 is 9.47 Å². The summed E-state index contributed by atoms with van der Waals surface area (Å²) in [6, 6.07) is 11.6. The summed E-state index contributed by atoms with van der Waals surface area (Å²) < 4.78 is 35.0. The highest BCUT2D eigenvalue weighted by atomic mass is 35.5. The molecule has 2 aromatic rings. The van der Waals surface area contributed by atoms with Gasteiger partial charge in [-0.15, -0.1) is 0 Å². The van der Waals surface area contributed by atoms with Crippen LogP contribution in [0, 0.1) is 0 Å². The second-order valence-electron chi connectivity index (χ2n) is 4.98. The molecule has 6 nitrogen and oxygen atoms in total. The number of hydrogen-bond acceptors (Lipinski definition) is 5. The molecule has 0 atom stereocenters. The van der Waals surface area contributed by atoms with Crippen molar-refractivity contribution >= 4 is 27.5 Å². The molecule has 0 heterocycles. The summed E-state index contributed by atoms with van der Waals surface area (Å²) in [6.45, 7) is 0.294. The molecule has 128 valence electrons. The van der Waals surface area contributed by atoms with Gasteiger partial charge in [-0.2, -0.15) is 0 Å². The second kappa shape index (κ2) is 7.55. The number of sulfonamides is 1. The summed E-state index contributed by atoms with van der Waals surface area (Å²) in [5.74, 6) is 0.0218. The van der Waals surface area contributed by atoms with Gasteiger partial charge in [-0.25, -0.2) is 13.1 Å². The van der Waals surface area contributed by atoms with E-state index in [0.29, 0.717) is 23.1 Å². The minimum absolute atomic E-state index is 0.149. The first-order valence-electron chi connectivity index (χ1n) is 6.86. The number of hydrogen-bond donors (Lipinski definition) is 1. The topological polar surface area (TPSA) is 81.7 Å². The molecule has 0 saturated heterocycles. The molecular formula is C16H16ClNO5S. The summed E-state index contributed by atoms with van der Waals surface area (Å²) >= 11 is 5.83. The smallest absolute Gasteiger partial charge is 0.264 e. The predicted molar refractivity (Wildman–Crippen MR) is 91.1 cm³/mol. The number of carbonyl (C=O) groups is 1. The lowest BCUT2D eigenvalue weighted by atomic mass is 10.2. The first-order chi connectivity index (χ1) is 11.3. The Balaban J connectivity index is 2.13. The fourth-order valence-electron chi connectivity index (χ4n) is 1.90. The van der Waals surface area contributed by atoms with Crippen LogP contribution in [0.3, 0.4) is 0 Å². The number of methoxy groups -OCH3 is 1. The van der Waals surface area contributed by atoms with Crippen LogP contribution in [0.15, 0.2) is 42.5 Å². The summed E-state index contributed by atoms with van der Waals surface area (Å²) in [5.41, 5.74) is 1.07. The lowest BCUT2D eigenvalue weighted by Crippen LogP contribution is -2.29. The van der Waals surface area contributed by atoms with Gasteiger partial charge in [0.15, 0.2) is 11.5 Å². The van der Waals surface area contributed by atoms with Crippen molar-refractivity contribution in [1.29, 1.82) is 0 Å². The Morgan fingerprint density at radius 3 is 2.38 bits per heavy atom. The van der Waals surface area contributed by atoms with Gasteiger partial charge in [-0.1, -0.05) is 23.7 Å². The zero-order valence-corrected chi connectivity index (χ0v) is 14.6. The molecule has 0 saturated carbocycles. The third-order valence-corrected chi connectivity index (χ3v) is 3.82. The average molecular weight is 370 g/mol. The third kappa shape index (κ3) is 5.14. The maximum absolute atomic E-state index is 11.9. The number of ether oxygens (including phenoxy) is 2. The molecule has 2 aromatic carbocycles. The lowest BCUT2D eigenvalue weighted by molar-refractivity contribution is 0.0981. The molecule has 0 aromatic heterocycles. The van der Waals surface area contributed by atoms with Crippen molar-refractivity contribution in [2.24, 2.45) is 0 Å². The van der Waals surface area contributed by atoms with Gasteiger partial charge in [0.25, 0.3) is 5.91 Å². The molecule has 0 aliphatic heterocycles. The molecule has 0 fully saturated rings. The fourth-order valence-corrected chi connectivity index (χ4v) is 2.48. The summed E-state index contributed by atoms with van der Waals surface area (Å²) in [7, 11) is -2.20. The standard InChI is InChI=1S/C16H16ClNO5S/c1-22-15-9-12(16(19)18-24(2,20)21)5-8-14(15)23-10-11-3-6-13(17)7-4-11/h3-9H,10H2,1-2H3,(H,18,19). The normalized spacial score (nSPS) is 11.0. The van der Waals surface area contributed by atoms with Gasteiger partial charge in [0.05, 0.1) is 13.4 Å². The van der Waals surface area contributed by atoms with Crippen molar-refractivity contribution in [3.8, 4) is 11.5 Å². The van der Waals surface area contributed by atoms with Crippen LogP contribution in [-0.2, 0) is 16.6 Å². The van der Waals surface area contributed by atoms with Gasteiger partial charge in [-0.3, -0.25) is 4.79 Å². The van der Waals surface area contributed by atoms with Crippen molar-refractivity contribution in [2.45, 2.75) is 6.61 Å².